The highest BCUT2D eigenvalue weighted by Gasteiger charge is 2.32. The van der Waals surface area contributed by atoms with Crippen molar-refractivity contribution in [3.63, 3.8) is 0 Å². The number of anilines is 1. The van der Waals surface area contributed by atoms with Gasteiger partial charge < -0.3 is 14.4 Å². The molecule has 0 aliphatic carbocycles. The van der Waals surface area contributed by atoms with E-state index in [0.29, 0.717) is 47.8 Å². The van der Waals surface area contributed by atoms with Crippen LogP contribution in [0, 0.1) is 11.7 Å². The lowest BCUT2D eigenvalue weighted by Crippen LogP contribution is -2.42. The van der Waals surface area contributed by atoms with Gasteiger partial charge in [-0.15, -0.1) is 0 Å². The molecule has 0 unspecified atom stereocenters. The third kappa shape index (κ3) is 4.10. The molecule has 1 atom stereocenters. The molecule has 0 spiro atoms. The second-order valence-corrected chi connectivity index (χ2v) is 8.27. The maximum Gasteiger partial charge on any atom is 0.262 e. The van der Waals surface area contributed by atoms with Crippen LogP contribution in [0.5, 0.6) is 5.75 Å². The van der Waals surface area contributed by atoms with Crippen LogP contribution in [0.15, 0.2) is 42.7 Å². The van der Waals surface area contributed by atoms with Crippen LogP contribution in [-0.2, 0) is 11.2 Å². The minimum absolute atomic E-state index is 0.00792. The summed E-state index contributed by atoms with van der Waals surface area (Å²) in [4.78, 5) is 19.7. The highest BCUT2D eigenvalue weighted by Crippen LogP contribution is 2.34. The van der Waals surface area contributed by atoms with Crippen LogP contribution < -0.4 is 9.64 Å². The Morgan fingerprint density at radius 1 is 1.25 bits per heavy atom. The fraction of sp³-hybridized carbons (Fsp3) is 0.375. The van der Waals surface area contributed by atoms with Gasteiger partial charge in [-0.25, -0.2) is 14.1 Å². The van der Waals surface area contributed by atoms with Crippen molar-refractivity contribution in [3.8, 4) is 11.4 Å². The van der Waals surface area contributed by atoms with Gasteiger partial charge in [-0.3, -0.25) is 4.79 Å². The maximum atomic E-state index is 14.6. The molecule has 2 heterocycles. The summed E-state index contributed by atoms with van der Waals surface area (Å²) in [5.74, 6) is 0.761. The van der Waals surface area contributed by atoms with Gasteiger partial charge in [0.1, 0.15) is 17.9 Å². The third-order valence-electron chi connectivity index (χ3n) is 5.67. The smallest absolute Gasteiger partial charge is 0.262 e. The number of hydrogen-bond acceptors (Lipinski definition) is 5. The van der Waals surface area contributed by atoms with Crippen molar-refractivity contribution in [1.29, 1.82) is 0 Å². The third-order valence-corrected chi connectivity index (χ3v) is 5.67. The van der Waals surface area contributed by atoms with Crippen molar-refractivity contribution in [2.24, 2.45) is 5.92 Å². The fourth-order valence-electron chi connectivity index (χ4n) is 4.07. The molecule has 1 aliphatic rings. The zero-order valence-corrected chi connectivity index (χ0v) is 18.7. The number of fused-ring (bicyclic) bond motifs is 1. The predicted molar refractivity (Wildman–Crippen MR) is 119 cm³/mol. The minimum Gasteiger partial charge on any atom is -0.496 e. The van der Waals surface area contributed by atoms with E-state index in [4.69, 9.17) is 9.47 Å². The number of carbonyl (C=O) groups excluding carboxylic acids is 1. The summed E-state index contributed by atoms with van der Waals surface area (Å²) >= 11 is 0. The van der Waals surface area contributed by atoms with Crippen LogP contribution in [0.4, 0.5) is 10.1 Å². The number of halogens is 1. The van der Waals surface area contributed by atoms with E-state index in [1.165, 1.54) is 13.2 Å². The Balaban J connectivity index is 1.75. The number of nitrogens with zero attached hydrogens (tertiary/aromatic N) is 4. The molecule has 0 bridgehead atoms. The fourth-order valence-corrected chi connectivity index (χ4v) is 4.07. The molecule has 32 heavy (non-hydrogen) atoms. The van der Waals surface area contributed by atoms with Crippen molar-refractivity contribution in [2.75, 3.05) is 32.3 Å². The summed E-state index contributed by atoms with van der Waals surface area (Å²) in [5, 5.41) is 4.51. The topological polar surface area (TPSA) is 69.5 Å². The molecule has 1 aliphatic heterocycles. The van der Waals surface area contributed by atoms with Gasteiger partial charge in [-0.05, 0) is 36.8 Å². The van der Waals surface area contributed by atoms with E-state index in [9.17, 15) is 9.18 Å². The Bertz CT molecular complexity index is 1130. The summed E-state index contributed by atoms with van der Waals surface area (Å²) in [6.45, 7) is 4.90. The van der Waals surface area contributed by atoms with Crippen molar-refractivity contribution in [2.45, 2.75) is 26.2 Å². The number of carbonyl (C=O) groups is 1. The van der Waals surface area contributed by atoms with Crippen LogP contribution in [0.2, 0.25) is 0 Å². The van der Waals surface area contributed by atoms with Crippen LogP contribution >= 0.6 is 0 Å². The van der Waals surface area contributed by atoms with Crippen LogP contribution in [0.25, 0.3) is 5.69 Å². The molecule has 2 aromatic carbocycles. The second-order valence-electron chi connectivity index (χ2n) is 8.27. The van der Waals surface area contributed by atoms with Gasteiger partial charge in [0.05, 0.1) is 30.7 Å². The molecular formula is C24H27FN4O3. The summed E-state index contributed by atoms with van der Waals surface area (Å²) in [5.41, 5.74) is 2.18. The number of aromatic nitrogens is 3. The Morgan fingerprint density at radius 3 is 2.75 bits per heavy atom. The van der Waals surface area contributed by atoms with Gasteiger partial charge >= 0.3 is 0 Å². The number of benzene rings is 2. The molecule has 0 N–H and O–H groups in total. The molecule has 8 heteroatoms. The van der Waals surface area contributed by atoms with Gasteiger partial charge in [0.2, 0.25) is 0 Å². The van der Waals surface area contributed by atoms with E-state index in [1.54, 1.807) is 47.3 Å². The molecule has 0 fully saturated rings. The zero-order chi connectivity index (χ0) is 22.8. The largest absolute Gasteiger partial charge is 0.496 e. The van der Waals surface area contributed by atoms with E-state index >= 15 is 0 Å². The standard InChI is InChI=1S/C24H27FN4O3/c1-15(2)23-26-14-29(27-23)17-8-9-22(32-4)19(11-17)24(30)28-12-16(13-31-3)10-18-20(25)6-5-7-21(18)28/h5-9,11,14-16H,10,12-13H2,1-4H3/t16-/m1/s1. The summed E-state index contributed by atoms with van der Waals surface area (Å²) < 4.78 is 27.0. The Labute approximate surface area is 186 Å². The van der Waals surface area contributed by atoms with Crippen LogP contribution in [0.1, 0.15) is 41.5 Å². The minimum atomic E-state index is -0.314. The predicted octanol–water partition coefficient (Wildman–Crippen LogP) is 4.00. The molecule has 0 saturated carbocycles. The van der Waals surface area contributed by atoms with Crippen molar-refractivity contribution >= 4 is 11.6 Å². The monoisotopic (exact) mass is 438 g/mol. The lowest BCUT2D eigenvalue weighted by Gasteiger charge is -2.35. The first-order valence-corrected chi connectivity index (χ1v) is 10.6. The first kappa shape index (κ1) is 22.0. The molecule has 0 radical (unpaired) electrons. The summed E-state index contributed by atoms with van der Waals surface area (Å²) in [6.07, 6.45) is 2.15. The molecular weight excluding hydrogens is 411 g/mol. The van der Waals surface area contributed by atoms with Gasteiger partial charge in [-0.2, -0.15) is 5.10 Å². The van der Waals surface area contributed by atoms with E-state index in [-0.39, 0.29) is 23.6 Å². The molecule has 0 saturated heterocycles. The van der Waals surface area contributed by atoms with Crippen molar-refractivity contribution in [3.05, 3.63) is 65.5 Å². The van der Waals surface area contributed by atoms with Crippen molar-refractivity contribution < 1.29 is 18.7 Å². The first-order valence-electron chi connectivity index (χ1n) is 10.6. The van der Waals surface area contributed by atoms with E-state index in [0.717, 1.165) is 5.82 Å². The van der Waals surface area contributed by atoms with Crippen molar-refractivity contribution in [1.82, 2.24) is 14.8 Å². The zero-order valence-electron chi connectivity index (χ0n) is 18.7. The van der Waals surface area contributed by atoms with E-state index in [1.807, 2.05) is 19.9 Å². The Hall–Kier alpha value is -3.26. The van der Waals surface area contributed by atoms with E-state index < -0.39 is 0 Å². The highest BCUT2D eigenvalue weighted by molar-refractivity contribution is 6.09. The summed E-state index contributed by atoms with van der Waals surface area (Å²) in [6, 6.07) is 10.1. The Morgan fingerprint density at radius 2 is 2.06 bits per heavy atom. The molecule has 3 aromatic rings. The number of ether oxygens (including phenoxy) is 2. The summed E-state index contributed by atoms with van der Waals surface area (Å²) in [7, 11) is 3.13. The lowest BCUT2D eigenvalue weighted by molar-refractivity contribution is 0.0962. The first-order chi connectivity index (χ1) is 15.4. The quantitative estimate of drug-likeness (QED) is 0.582. The molecule has 7 nitrogen and oxygen atoms in total. The average Bonchev–Trinajstić information content (AvgIpc) is 3.29. The SMILES string of the molecule is COC[C@@H]1Cc2c(F)cccc2N(C(=O)c2cc(-n3cnc(C(C)C)n3)ccc2OC)C1. The Kier molecular flexibility index (Phi) is 6.23. The van der Waals surface area contributed by atoms with Crippen LogP contribution in [0.3, 0.4) is 0 Å². The molecule has 1 amide bonds. The van der Waals surface area contributed by atoms with Gasteiger partial charge in [0.25, 0.3) is 5.91 Å². The average molecular weight is 439 g/mol. The number of hydrogen-bond donors (Lipinski definition) is 0. The molecule has 1 aromatic heterocycles. The highest BCUT2D eigenvalue weighted by atomic mass is 19.1. The van der Waals surface area contributed by atoms with Gasteiger partial charge in [0.15, 0.2) is 5.82 Å². The van der Waals surface area contributed by atoms with Gasteiger partial charge in [-0.1, -0.05) is 19.9 Å². The number of rotatable bonds is 6. The molecule has 168 valence electrons. The second kappa shape index (κ2) is 9.08. The van der Waals surface area contributed by atoms with Crippen LogP contribution in [-0.4, -0.2) is 48.0 Å². The maximum absolute atomic E-state index is 14.6. The number of methoxy groups -OCH3 is 2. The van der Waals surface area contributed by atoms with E-state index in [2.05, 4.69) is 10.1 Å². The normalized spacial score (nSPS) is 15.7. The lowest BCUT2D eigenvalue weighted by atomic mass is 9.92. The van der Waals surface area contributed by atoms with Gasteiger partial charge in [0, 0.05) is 31.1 Å². The molecule has 4 rings (SSSR count). The number of amides is 1.